The lowest BCUT2D eigenvalue weighted by atomic mass is 10.0. The first-order valence-corrected chi connectivity index (χ1v) is 9.74. The normalized spacial score (nSPS) is 14.7. The van der Waals surface area contributed by atoms with Crippen molar-refractivity contribution in [2.75, 3.05) is 32.0 Å². The summed E-state index contributed by atoms with van der Waals surface area (Å²) in [4.78, 5) is 27.3. The Morgan fingerprint density at radius 2 is 1.86 bits per heavy atom. The fourth-order valence-electron chi connectivity index (χ4n) is 3.49. The minimum Gasteiger partial charge on any atom is -0.480 e. The molecule has 154 valence electrons. The minimum atomic E-state index is -0.835. The van der Waals surface area contributed by atoms with Gasteiger partial charge in [0.05, 0.1) is 12.2 Å². The fraction of sp³-hybridized carbons (Fsp3) is 0.364. The highest BCUT2D eigenvalue weighted by molar-refractivity contribution is 5.91. The number of piperidine rings is 1. The van der Waals surface area contributed by atoms with Gasteiger partial charge in [-0.25, -0.2) is 4.79 Å². The molecule has 2 aromatic carbocycles. The lowest BCUT2D eigenvalue weighted by Crippen LogP contribution is -2.47. The van der Waals surface area contributed by atoms with Gasteiger partial charge in [-0.1, -0.05) is 24.3 Å². The first-order valence-electron chi connectivity index (χ1n) is 9.74. The van der Waals surface area contributed by atoms with E-state index in [1.807, 2.05) is 67.4 Å². The highest BCUT2D eigenvalue weighted by Crippen LogP contribution is 2.31. The number of aliphatic carboxylic acids is 1. The molecule has 1 heterocycles. The number of hydrogen-bond donors (Lipinski definition) is 2. The third kappa shape index (κ3) is 5.71. The average molecular weight is 397 g/mol. The van der Waals surface area contributed by atoms with Crippen molar-refractivity contribution in [2.45, 2.75) is 25.8 Å². The molecular weight excluding hydrogens is 370 g/mol. The van der Waals surface area contributed by atoms with E-state index in [-0.39, 0.29) is 18.6 Å². The van der Waals surface area contributed by atoms with E-state index in [1.165, 1.54) is 0 Å². The number of hydrogen-bond acceptors (Lipinski definition) is 4. The van der Waals surface area contributed by atoms with Crippen molar-refractivity contribution in [3.63, 3.8) is 0 Å². The maximum atomic E-state index is 12.8. The number of carboxylic acids is 1. The van der Waals surface area contributed by atoms with Crippen molar-refractivity contribution in [3.05, 3.63) is 54.1 Å². The lowest BCUT2D eigenvalue weighted by molar-refractivity contribution is -0.138. The van der Waals surface area contributed by atoms with Crippen LogP contribution in [0.2, 0.25) is 0 Å². The number of anilines is 1. The SMILES string of the molecule is Cc1ccc(Oc2ccccc2)c(NC(=O)N2CCC(N(C)CC(=O)O)CC2)c1. The molecule has 0 radical (unpaired) electrons. The Balaban J connectivity index is 1.62. The van der Waals surface area contributed by atoms with E-state index in [0.29, 0.717) is 30.3 Å². The number of carboxylic acid groups (broad SMARTS) is 1. The smallest absolute Gasteiger partial charge is 0.321 e. The van der Waals surface area contributed by atoms with E-state index in [0.717, 1.165) is 18.4 Å². The van der Waals surface area contributed by atoms with Crippen LogP contribution in [0.5, 0.6) is 11.5 Å². The highest BCUT2D eigenvalue weighted by atomic mass is 16.5. The monoisotopic (exact) mass is 397 g/mol. The van der Waals surface area contributed by atoms with Crippen LogP contribution in [-0.4, -0.2) is 59.6 Å². The van der Waals surface area contributed by atoms with E-state index in [1.54, 1.807) is 4.90 Å². The van der Waals surface area contributed by atoms with Crippen LogP contribution in [0.4, 0.5) is 10.5 Å². The van der Waals surface area contributed by atoms with Crippen LogP contribution in [0.3, 0.4) is 0 Å². The molecule has 2 aromatic rings. The maximum absolute atomic E-state index is 12.8. The van der Waals surface area contributed by atoms with Crippen LogP contribution >= 0.6 is 0 Å². The number of benzene rings is 2. The molecule has 0 unspecified atom stereocenters. The van der Waals surface area contributed by atoms with Crippen molar-refractivity contribution >= 4 is 17.7 Å². The van der Waals surface area contributed by atoms with Crippen molar-refractivity contribution in [1.82, 2.24) is 9.80 Å². The largest absolute Gasteiger partial charge is 0.480 e. The number of likely N-dealkylation sites (tertiary alicyclic amines) is 1. The van der Waals surface area contributed by atoms with Gasteiger partial charge in [-0.15, -0.1) is 0 Å². The molecule has 1 fully saturated rings. The summed E-state index contributed by atoms with van der Waals surface area (Å²) in [6, 6.07) is 15.1. The van der Waals surface area contributed by atoms with Crippen LogP contribution in [0, 0.1) is 6.92 Å². The van der Waals surface area contributed by atoms with Crippen LogP contribution in [0.15, 0.2) is 48.5 Å². The number of carbonyl (C=O) groups is 2. The fourth-order valence-corrected chi connectivity index (χ4v) is 3.49. The summed E-state index contributed by atoms with van der Waals surface area (Å²) < 4.78 is 5.94. The Labute approximate surface area is 170 Å². The second-order valence-electron chi connectivity index (χ2n) is 7.37. The molecular formula is C22H27N3O4. The Bertz CT molecular complexity index is 848. The molecule has 2 N–H and O–H groups in total. The predicted molar refractivity (Wildman–Crippen MR) is 112 cm³/mol. The van der Waals surface area contributed by atoms with Gasteiger partial charge in [-0.2, -0.15) is 0 Å². The van der Waals surface area contributed by atoms with Crippen LogP contribution in [-0.2, 0) is 4.79 Å². The number of urea groups is 1. The summed E-state index contributed by atoms with van der Waals surface area (Å²) in [5.41, 5.74) is 1.65. The quantitative estimate of drug-likeness (QED) is 0.775. The van der Waals surface area contributed by atoms with E-state index in [9.17, 15) is 9.59 Å². The Morgan fingerprint density at radius 3 is 2.52 bits per heavy atom. The summed E-state index contributed by atoms with van der Waals surface area (Å²) in [6.07, 6.45) is 1.50. The maximum Gasteiger partial charge on any atom is 0.321 e. The third-order valence-corrected chi connectivity index (χ3v) is 5.11. The van der Waals surface area contributed by atoms with Gasteiger partial charge in [0.25, 0.3) is 0 Å². The molecule has 2 amide bonds. The number of nitrogens with one attached hydrogen (secondary N) is 1. The molecule has 0 bridgehead atoms. The second-order valence-corrected chi connectivity index (χ2v) is 7.37. The van der Waals surface area contributed by atoms with E-state index in [4.69, 9.17) is 9.84 Å². The van der Waals surface area contributed by atoms with Crippen molar-refractivity contribution in [3.8, 4) is 11.5 Å². The van der Waals surface area contributed by atoms with Gasteiger partial charge < -0.3 is 20.1 Å². The first kappa shape index (κ1) is 20.7. The number of para-hydroxylation sites is 1. The van der Waals surface area contributed by atoms with Crippen LogP contribution < -0.4 is 10.1 Å². The number of ether oxygens (including phenoxy) is 1. The van der Waals surface area contributed by atoms with E-state index in [2.05, 4.69) is 5.32 Å². The molecule has 1 saturated heterocycles. The summed E-state index contributed by atoms with van der Waals surface area (Å²) in [6.45, 7) is 3.15. The molecule has 0 aliphatic carbocycles. The van der Waals surface area contributed by atoms with Gasteiger partial charge in [0.1, 0.15) is 5.75 Å². The van der Waals surface area contributed by atoms with Gasteiger partial charge in [0.15, 0.2) is 5.75 Å². The van der Waals surface area contributed by atoms with Gasteiger partial charge in [0.2, 0.25) is 0 Å². The number of likely N-dealkylation sites (N-methyl/N-ethyl adjacent to an activating group) is 1. The molecule has 7 heteroatoms. The standard InChI is InChI=1S/C22H27N3O4/c1-16-8-9-20(29-18-6-4-3-5-7-18)19(14-16)23-22(28)25-12-10-17(11-13-25)24(2)15-21(26)27/h3-9,14,17H,10-13,15H2,1-2H3,(H,23,28)(H,26,27). The van der Waals surface area contributed by atoms with E-state index >= 15 is 0 Å². The summed E-state index contributed by atoms with van der Waals surface area (Å²) in [5.74, 6) is 0.457. The first-order chi connectivity index (χ1) is 13.9. The van der Waals surface area contributed by atoms with Gasteiger partial charge >= 0.3 is 12.0 Å². The molecule has 0 spiro atoms. The number of aryl methyl sites for hydroxylation is 1. The van der Waals surface area contributed by atoms with Gasteiger partial charge in [-0.3, -0.25) is 9.69 Å². The lowest BCUT2D eigenvalue weighted by Gasteiger charge is -2.36. The number of carbonyl (C=O) groups excluding carboxylic acids is 1. The van der Waals surface area contributed by atoms with E-state index < -0.39 is 5.97 Å². The zero-order valence-corrected chi connectivity index (χ0v) is 16.8. The minimum absolute atomic E-state index is 0.0142. The Hall–Kier alpha value is -3.06. The molecule has 0 atom stereocenters. The molecule has 0 saturated carbocycles. The predicted octanol–water partition coefficient (Wildman–Crippen LogP) is 3.80. The highest BCUT2D eigenvalue weighted by Gasteiger charge is 2.26. The molecule has 29 heavy (non-hydrogen) atoms. The zero-order chi connectivity index (χ0) is 20.8. The van der Waals surface area contributed by atoms with Crippen molar-refractivity contribution in [1.29, 1.82) is 0 Å². The van der Waals surface area contributed by atoms with Crippen molar-refractivity contribution < 1.29 is 19.4 Å². The summed E-state index contributed by atoms with van der Waals surface area (Å²) in [5, 5.41) is 11.9. The Morgan fingerprint density at radius 1 is 1.17 bits per heavy atom. The molecule has 7 nitrogen and oxygen atoms in total. The summed E-state index contributed by atoms with van der Waals surface area (Å²) in [7, 11) is 1.81. The van der Waals surface area contributed by atoms with Crippen LogP contribution in [0.1, 0.15) is 18.4 Å². The topological polar surface area (TPSA) is 82.1 Å². The number of nitrogens with zero attached hydrogens (tertiary/aromatic N) is 2. The third-order valence-electron chi connectivity index (χ3n) is 5.11. The zero-order valence-electron chi connectivity index (χ0n) is 16.8. The number of amides is 2. The van der Waals surface area contributed by atoms with Gasteiger partial charge in [0, 0.05) is 19.1 Å². The van der Waals surface area contributed by atoms with Crippen LogP contribution in [0.25, 0.3) is 0 Å². The number of rotatable bonds is 6. The summed E-state index contributed by atoms with van der Waals surface area (Å²) >= 11 is 0. The molecule has 1 aliphatic heterocycles. The Kier molecular flexibility index (Phi) is 6.72. The average Bonchev–Trinajstić information content (AvgIpc) is 2.70. The van der Waals surface area contributed by atoms with Crippen molar-refractivity contribution in [2.24, 2.45) is 0 Å². The second kappa shape index (κ2) is 9.43. The van der Waals surface area contributed by atoms with Gasteiger partial charge in [-0.05, 0) is 56.6 Å². The molecule has 3 rings (SSSR count). The molecule has 1 aliphatic rings. The molecule has 0 aromatic heterocycles.